The number of piperidine rings is 1. The summed E-state index contributed by atoms with van der Waals surface area (Å²) in [6.07, 6.45) is 4.56. The van der Waals surface area contributed by atoms with E-state index in [4.69, 9.17) is 0 Å². The van der Waals surface area contributed by atoms with E-state index in [0.717, 1.165) is 32.6 Å². The van der Waals surface area contributed by atoms with Gasteiger partial charge in [-0.2, -0.15) is 0 Å². The number of hydrogen-bond acceptors (Lipinski definition) is 3. The molecule has 3 heteroatoms. The van der Waals surface area contributed by atoms with Crippen molar-refractivity contribution in [2.75, 3.05) is 26.2 Å². The first kappa shape index (κ1) is 13.9. The van der Waals surface area contributed by atoms with E-state index in [9.17, 15) is 5.11 Å². The van der Waals surface area contributed by atoms with Crippen molar-refractivity contribution < 1.29 is 5.11 Å². The van der Waals surface area contributed by atoms with E-state index in [1.807, 2.05) is 6.92 Å². The number of nitrogens with one attached hydrogen (secondary N) is 1. The second-order valence-electron chi connectivity index (χ2n) is 5.38. The molecule has 1 fully saturated rings. The maximum absolute atomic E-state index is 10.1. The van der Waals surface area contributed by atoms with Crippen LogP contribution in [0.5, 0.6) is 0 Å². The van der Waals surface area contributed by atoms with Crippen LogP contribution in [0.2, 0.25) is 0 Å². The van der Waals surface area contributed by atoms with Crippen LogP contribution in [0.25, 0.3) is 0 Å². The van der Waals surface area contributed by atoms with Crippen molar-refractivity contribution in [3.05, 3.63) is 0 Å². The van der Waals surface area contributed by atoms with Crippen LogP contribution in [0, 0.1) is 0 Å². The molecule has 1 aliphatic heterocycles. The van der Waals surface area contributed by atoms with Crippen LogP contribution in [0.15, 0.2) is 0 Å². The molecule has 0 aromatic rings. The molecule has 0 spiro atoms. The Labute approximate surface area is 100 Å². The Morgan fingerprint density at radius 3 is 2.81 bits per heavy atom. The Morgan fingerprint density at radius 2 is 2.19 bits per heavy atom. The number of hydrogen-bond donors (Lipinski definition) is 2. The quantitative estimate of drug-likeness (QED) is 0.725. The fourth-order valence-corrected chi connectivity index (χ4v) is 2.31. The molecule has 16 heavy (non-hydrogen) atoms. The lowest BCUT2D eigenvalue weighted by atomic mass is 9.99. The van der Waals surface area contributed by atoms with Gasteiger partial charge < -0.3 is 10.4 Å². The molecule has 0 radical (unpaired) electrons. The molecule has 2 atom stereocenters. The van der Waals surface area contributed by atoms with E-state index in [0.29, 0.717) is 6.04 Å². The average molecular weight is 228 g/mol. The summed E-state index contributed by atoms with van der Waals surface area (Å²) in [5.41, 5.74) is -0.521. The van der Waals surface area contributed by atoms with Crippen molar-refractivity contribution in [1.82, 2.24) is 10.2 Å². The van der Waals surface area contributed by atoms with Crippen molar-refractivity contribution >= 4 is 0 Å². The van der Waals surface area contributed by atoms with Crippen molar-refractivity contribution in [3.63, 3.8) is 0 Å². The summed E-state index contributed by atoms with van der Waals surface area (Å²) in [4.78, 5) is 2.40. The summed E-state index contributed by atoms with van der Waals surface area (Å²) in [5.74, 6) is 0. The van der Waals surface area contributed by atoms with Crippen LogP contribution < -0.4 is 5.32 Å². The standard InChI is InChI=1S/C13H28N2O/c1-4-8-14-12-7-6-9-15(10-12)11-13(3,16)5-2/h12,14,16H,4-11H2,1-3H3. The molecule has 96 valence electrons. The van der Waals surface area contributed by atoms with Gasteiger partial charge in [-0.05, 0) is 45.7 Å². The first-order chi connectivity index (χ1) is 7.57. The highest BCUT2D eigenvalue weighted by molar-refractivity contribution is 4.83. The fraction of sp³-hybridized carbons (Fsp3) is 1.00. The lowest BCUT2D eigenvalue weighted by Crippen LogP contribution is -2.50. The second kappa shape index (κ2) is 6.58. The van der Waals surface area contributed by atoms with Crippen LogP contribution in [0.4, 0.5) is 0 Å². The third-order valence-electron chi connectivity index (χ3n) is 3.51. The maximum Gasteiger partial charge on any atom is 0.0743 e. The summed E-state index contributed by atoms with van der Waals surface area (Å²) in [6.45, 7) is 10.4. The summed E-state index contributed by atoms with van der Waals surface area (Å²) < 4.78 is 0. The molecule has 2 N–H and O–H groups in total. The highest BCUT2D eigenvalue weighted by atomic mass is 16.3. The summed E-state index contributed by atoms with van der Waals surface area (Å²) in [6, 6.07) is 0.626. The lowest BCUT2D eigenvalue weighted by Gasteiger charge is -2.37. The smallest absolute Gasteiger partial charge is 0.0743 e. The zero-order valence-electron chi connectivity index (χ0n) is 11.1. The number of nitrogens with zero attached hydrogens (tertiary/aromatic N) is 1. The molecule has 1 heterocycles. The molecule has 2 unspecified atom stereocenters. The number of aliphatic hydroxyl groups is 1. The van der Waals surface area contributed by atoms with E-state index >= 15 is 0 Å². The molecule has 0 amide bonds. The fourth-order valence-electron chi connectivity index (χ4n) is 2.31. The third-order valence-corrected chi connectivity index (χ3v) is 3.51. The predicted octanol–water partition coefficient (Wildman–Crippen LogP) is 1.61. The van der Waals surface area contributed by atoms with Crippen LogP contribution in [0.3, 0.4) is 0 Å². The van der Waals surface area contributed by atoms with Crippen molar-refractivity contribution in [3.8, 4) is 0 Å². The van der Waals surface area contributed by atoms with E-state index in [-0.39, 0.29) is 0 Å². The monoisotopic (exact) mass is 228 g/mol. The first-order valence-corrected chi connectivity index (χ1v) is 6.75. The topological polar surface area (TPSA) is 35.5 Å². The average Bonchev–Trinajstić information content (AvgIpc) is 2.26. The third kappa shape index (κ3) is 4.81. The molecule has 0 aromatic heterocycles. The van der Waals surface area contributed by atoms with Gasteiger partial charge in [0.15, 0.2) is 0 Å². The largest absolute Gasteiger partial charge is 0.389 e. The molecule has 0 aromatic carbocycles. The molecule has 1 rings (SSSR count). The van der Waals surface area contributed by atoms with Gasteiger partial charge in [0.1, 0.15) is 0 Å². The molecule has 0 aliphatic carbocycles. The Bertz CT molecular complexity index is 194. The Hall–Kier alpha value is -0.120. The van der Waals surface area contributed by atoms with Gasteiger partial charge in [0, 0.05) is 19.1 Å². The highest BCUT2D eigenvalue weighted by Crippen LogP contribution is 2.16. The molecule has 3 nitrogen and oxygen atoms in total. The van der Waals surface area contributed by atoms with Crippen LogP contribution >= 0.6 is 0 Å². The number of rotatable bonds is 6. The van der Waals surface area contributed by atoms with Gasteiger partial charge in [-0.15, -0.1) is 0 Å². The van der Waals surface area contributed by atoms with E-state index in [1.165, 1.54) is 19.3 Å². The van der Waals surface area contributed by atoms with Gasteiger partial charge in [0.25, 0.3) is 0 Å². The van der Waals surface area contributed by atoms with Crippen LogP contribution in [-0.2, 0) is 0 Å². The highest BCUT2D eigenvalue weighted by Gasteiger charge is 2.26. The van der Waals surface area contributed by atoms with Crippen molar-refractivity contribution in [2.45, 2.75) is 58.1 Å². The van der Waals surface area contributed by atoms with Gasteiger partial charge in [-0.25, -0.2) is 0 Å². The zero-order valence-corrected chi connectivity index (χ0v) is 11.1. The lowest BCUT2D eigenvalue weighted by molar-refractivity contribution is 0.00736. The number of likely N-dealkylation sites (tertiary alicyclic amines) is 1. The predicted molar refractivity (Wildman–Crippen MR) is 68.7 cm³/mol. The Kier molecular flexibility index (Phi) is 5.73. The minimum Gasteiger partial charge on any atom is -0.389 e. The van der Waals surface area contributed by atoms with Crippen molar-refractivity contribution in [2.24, 2.45) is 0 Å². The minimum absolute atomic E-state index is 0.521. The molecular weight excluding hydrogens is 200 g/mol. The number of β-amino-alcohol motifs (C(OH)–C–C–N with tert-alkyl or cyclic N) is 1. The Balaban J connectivity index is 2.32. The zero-order chi connectivity index (χ0) is 12.0. The molecular formula is C13H28N2O. The van der Waals surface area contributed by atoms with E-state index < -0.39 is 5.60 Å². The van der Waals surface area contributed by atoms with E-state index in [1.54, 1.807) is 0 Å². The normalized spacial score (nSPS) is 26.6. The van der Waals surface area contributed by atoms with Crippen LogP contribution in [-0.4, -0.2) is 47.8 Å². The van der Waals surface area contributed by atoms with Gasteiger partial charge in [0.2, 0.25) is 0 Å². The van der Waals surface area contributed by atoms with E-state index in [2.05, 4.69) is 24.1 Å². The summed E-state index contributed by atoms with van der Waals surface area (Å²) in [5, 5.41) is 13.7. The SMILES string of the molecule is CCCNC1CCCN(CC(C)(O)CC)C1. The summed E-state index contributed by atoms with van der Waals surface area (Å²) >= 11 is 0. The molecule has 0 bridgehead atoms. The maximum atomic E-state index is 10.1. The molecule has 0 saturated carbocycles. The van der Waals surface area contributed by atoms with Gasteiger partial charge in [0.05, 0.1) is 5.60 Å². The second-order valence-corrected chi connectivity index (χ2v) is 5.38. The molecule has 1 aliphatic rings. The van der Waals surface area contributed by atoms with Gasteiger partial charge in [-0.3, -0.25) is 4.90 Å². The van der Waals surface area contributed by atoms with Crippen LogP contribution in [0.1, 0.15) is 46.5 Å². The van der Waals surface area contributed by atoms with Gasteiger partial charge in [-0.1, -0.05) is 13.8 Å². The Morgan fingerprint density at radius 1 is 1.44 bits per heavy atom. The summed E-state index contributed by atoms with van der Waals surface area (Å²) in [7, 11) is 0. The minimum atomic E-state index is -0.521. The van der Waals surface area contributed by atoms with Crippen molar-refractivity contribution in [1.29, 1.82) is 0 Å². The molecule has 1 saturated heterocycles. The first-order valence-electron chi connectivity index (χ1n) is 6.75. The van der Waals surface area contributed by atoms with Gasteiger partial charge >= 0.3 is 0 Å².